The molecule has 5 aliphatic rings. The monoisotopic (exact) mass is 473 g/mol. The van der Waals surface area contributed by atoms with Gasteiger partial charge in [-0.15, -0.1) is 0 Å². The van der Waals surface area contributed by atoms with Crippen molar-refractivity contribution < 1.29 is 23.6 Å². The van der Waals surface area contributed by atoms with Gasteiger partial charge in [-0.1, -0.05) is 73.5 Å². The Morgan fingerprint density at radius 1 is 0.943 bits per heavy atom. The van der Waals surface area contributed by atoms with Gasteiger partial charge in [-0.05, 0) is 18.4 Å². The van der Waals surface area contributed by atoms with Crippen molar-refractivity contribution in [2.45, 2.75) is 43.7 Å². The molecule has 0 radical (unpaired) electrons. The zero-order valence-electron chi connectivity index (χ0n) is 20.0. The number of quaternary nitrogens is 1. The zero-order chi connectivity index (χ0) is 24.0. The summed E-state index contributed by atoms with van der Waals surface area (Å²) in [6, 6.07) is 18.1. The first-order valence-corrected chi connectivity index (χ1v) is 13.0. The molecule has 1 N–H and O–H groups in total. The number of benzene rings is 2. The van der Waals surface area contributed by atoms with E-state index in [2.05, 4.69) is 5.32 Å². The SMILES string of the molecule is O=C(C[N+]12CCC3C(C1)[C@@]3(OC(=O)C(NC(=O)C1CCCC1)c1ccccc1)C2)c1ccccc1. The molecule has 6 heteroatoms. The Morgan fingerprint density at radius 3 is 2.34 bits per heavy atom. The fourth-order valence-electron chi connectivity index (χ4n) is 7.15. The topological polar surface area (TPSA) is 72.5 Å². The molecule has 6 nitrogen and oxygen atoms in total. The summed E-state index contributed by atoms with van der Waals surface area (Å²) >= 11 is 0. The molecule has 4 unspecified atom stereocenters. The number of Topliss-reactive ketones (excluding diaryl/α,β-unsaturated/α-hetero) is 1. The van der Waals surface area contributed by atoms with Crippen molar-refractivity contribution in [2.24, 2.45) is 17.8 Å². The number of fused-ring (bicyclic) bond motifs is 1. The van der Waals surface area contributed by atoms with Gasteiger partial charge in [0.15, 0.2) is 11.6 Å². The summed E-state index contributed by atoms with van der Waals surface area (Å²) in [5, 5.41) is 3.02. The molecule has 3 heterocycles. The summed E-state index contributed by atoms with van der Waals surface area (Å²) in [4.78, 5) is 39.5. The van der Waals surface area contributed by atoms with Gasteiger partial charge in [0, 0.05) is 23.8 Å². The number of hydrogen-bond acceptors (Lipinski definition) is 4. The molecule has 0 aromatic heterocycles. The predicted octanol–water partition coefficient (Wildman–Crippen LogP) is 3.68. The molecule has 182 valence electrons. The van der Waals surface area contributed by atoms with Gasteiger partial charge in [-0.25, -0.2) is 4.79 Å². The van der Waals surface area contributed by atoms with Crippen molar-refractivity contribution >= 4 is 17.7 Å². The molecule has 5 atom stereocenters. The largest absolute Gasteiger partial charge is 0.450 e. The fraction of sp³-hybridized carbons (Fsp3) is 0.483. The van der Waals surface area contributed by atoms with Crippen molar-refractivity contribution in [1.29, 1.82) is 0 Å². The summed E-state index contributed by atoms with van der Waals surface area (Å²) in [6.07, 6.45) is 4.86. The van der Waals surface area contributed by atoms with Gasteiger partial charge in [-0.2, -0.15) is 0 Å². The lowest BCUT2D eigenvalue weighted by atomic mass is 10.0. The lowest BCUT2D eigenvalue weighted by Gasteiger charge is -2.41. The summed E-state index contributed by atoms with van der Waals surface area (Å²) in [5.74, 6) is 0.397. The smallest absolute Gasteiger partial charge is 0.334 e. The highest BCUT2D eigenvalue weighted by Gasteiger charge is 2.81. The summed E-state index contributed by atoms with van der Waals surface area (Å²) in [5.41, 5.74) is 1.01. The molecule has 2 aromatic carbocycles. The minimum atomic E-state index is -0.798. The number of carbonyl (C=O) groups excluding carboxylic acids is 3. The van der Waals surface area contributed by atoms with Crippen LogP contribution in [0, 0.1) is 17.8 Å². The highest BCUT2D eigenvalue weighted by Crippen LogP contribution is 2.65. The van der Waals surface area contributed by atoms with Gasteiger partial charge < -0.3 is 14.5 Å². The van der Waals surface area contributed by atoms with E-state index in [1.165, 1.54) is 0 Å². The number of nitrogens with zero attached hydrogens (tertiary/aromatic N) is 1. The Hall–Kier alpha value is -2.99. The normalized spacial score (nSPS) is 31.5. The molecule has 1 amide bonds. The number of amides is 1. The minimum Gasteiger partial charge on any atom is -0.450 e. The number of nitrogens with one attached hydrogen (secondary N) is 1. The quantitative estimate of drug-likeness (QED) is 0.361. The molecule has 4 bridgehead atoms. The third-order valence-electron chi connectivity index (χ3n) is 8.96. The third kappa shape index (κ3) is 3.98. The summed E-state index contributed by atoms with van der Waals surface area (Å²) in [7, 11) is 0. The van der Waals surface area contributed by atoms with E-state index in [0.29, 0.717) is 29.4 Å². The molecule has 5 fully saturated rings. The lowest BCUT2D eigenvalue weighted by Crippen LogP contribution is -2.57. The van der Waals surface area contributed by atoms with Gasteiger partial charge in [0.2, 0.25) is 11.7 Å². The second kappa shape index (κ2) is 8.59. The average molecular weight is 474 g/mol. The number of ketones is 1. The van der Waals surface area contributed by atoms with Crippen LogP contribution in [0.2, 0.25) is 0 Å². The van der Waals surface area contributed by atoms with Gasteiger partial charge in [0.1, 0.15) is 13.1 Å². The number of hydrogen-bond donors (Lipinski definition) is 1. The van der Waals surface area contributed by atoms with Crippen molar-refractivity contribution in [3.8, 4) is 0 Å². The number of rotatable bonds is 8. The van der Waals surface area contributed by atoms with Crippen LogP contribution in [0.25, 0.3) is 0 Å². The van der Waals surface area contributed by atoms with E-state index in [0.717, 1.165) is 56.3 Å². The molecule has 7 rings (SSSR count). The maximum absolute atomic E-state index is 13.6. The first-order chi connectivity index (χ1) is 17.0. The van der Waals surface area contributed by atoms with Crippen molar-refractivity contribution in [3.05, 3.63) is 71.8 Å². The Bertz CT molecular complexity index is 1130. The van der Waals surface area contributed by atoms with Gasteiger partial charge in [0.05, 0.1) is 19.0 Å². The Balaban J connectivity index is 1.18. The van der Waals surface area contributed by atoms with Crippen molar-refractivity contribution in [2.75, 3.05) is 26.2 Å². The third-order valence-corrected chi connectivity index (χ3v) is 8.96. The van der Waals surface area contributed by atoms with Gasteiger partial charge in [0.25, 0.3) is 0 Å². The fourth-order valence-corrected chi connectivity index (χ4v) is 7.15. The van der Waals surface area contributed by atoms with Crippen LogP contribution in [0.3, 0.4) is 0 Å². The molecule has 35 heavy (non-hydrogen) atoms. The molecule has 3 aliphatic heterocycles. The average Bonchev–Trinajstić information content (AvgIpc) is 3.22. The van der Waals surface area contributed by atoms with Gasteiger partial charge in [-0.3, -0.25) is 9.59 Å². The minimum absolute atomic E-state index is 0.0210. The molecule has 2 saturated carbocycles. The Morgan fingerprint density at radius 2 is 1.63 bits per heavy atom. The van der Waals surface area contributed by atoms with Crippen LogP contribution in [-0.2, 0) is 14.3 Å². The predicted molar refractivity (Wildman–Crippen MR) is 130 cm³/mol. The summed E-state index contributed by atoms with van der Waals surface area (Å²) < 4.78 is 7.02. The van der Waals surface area contributed by atoms with Gasteiger partial charge >= 0.3 is 5.97 Å². The van der Waals surface area contributed by atoms with Crippen LogP contribution in [0.15, 0.2) is 60.7 Å². The molecular weight excluding hydrogens is 440 g/mol. The highest BCUT2D eigenvalue weighted by molar-refractivity contribution is 5.97. The van der Waals surface area contributed by atoms with E-state index in [4.69, 9.17) is 4.74 Å². The number of piperidine rings is 3. The number of carbonyl (C=O) groups is 3. The van der Waals surface area contributed by atoms with E-state index < -0.39 is 11.6 Å². The van der Waals surface area contributed by atoms with Crippen LogP contribution < -0.4 is 5.32 Å². The van der Waals surface area contributed by atoms with Crippen LogP contribution in [-0.4, -0.2) is 53.9 Å². The second-order valence-corrected chi connectivity index (χ2v) is 11.1. The van der Waals surface area contributed by atoms with E-state index >= 15 is 0 Å². The molecule has 2 aromatic rings. The molecule has 0 spiro atoms. The summed E-state index contributed by atoms with van der Waals surface area (Å²) in [6.45, 7) is 3.00. The maximum Gasteiger partial charge on any atom is 0.334 e. The Kier molecular flexibility index (Phi) is 5.52. The zero-order valence-corrected chi connectivity index (χ0v) is 20.0. The van der Waals surface area contributed by atoms with E-state index in [9.17, 15) is 14.4 Å². The van der Waals surface area contributed by atoms with Crippen molar-refractivity contribution in [3.63, 3.8) is 0 Å². The maximum atomic E-state index is 13.6. The highest BCUT2D eigenvalue weighted by atomic mass is 16.6. The van der Waals surface area contributed by atoms with Crippen LogP contribution in [0.5, 0.6) is 0 Å². The molecule has 2 aliphatic carbocycles. The van der Waals surface area contributed by atoms with E-state index in [1.54, 1.807) is 0 Å². The first kappa shape index (κ1) is 22.5. The first-order valence-electron chi connectivity index (χ1n) is 13.0. The second-order valence-electron chi connectivity index (χ2n) is 11.1. The van der Waals surface area contributed by atoms with Crippen LogP contribution in [0.4, 0.5) is 0 Å². The standard InChI is InChI=1S/C29H32N2O4/c32-25(20-9-3-1-4-10-20)18-31-16-15-23-24(17-31)29(23,19-31)35-28(34)26(21-11-5-2-6-12-21)30-27(33)22-13-7-8-14-22/h1-6,9-12,22-24,26H,7-8,13-19H2/p+1/t23?,24?,26?,29-,31?/m1/s1. The number of esters is 1. The van der Waals surface area contributed by atoms with E-state index in [1.807, 2.05) is 60.7 Å². The Labute approximate surface area is 206 Å². The number of ether oxygens (including phenoxy) is 1. The molecule has 3 saturated heterocycles. The van der Waals surface area contributed by atoms with E-state index in [-0.39, 0.29) is 23.6 Å². The molecular formula is C29H33N2O4+. The van der Waals surface area contributed by atoms with Crippen LogP contribution >= 0.6 is 0 Å². The van der Waals surface area contributed by atoms with Crippen molar-refractivity contribution in [1.82, 2.24) is 5.32 Å². The van der Waals surface area contributed by atoms with Crippen LogP contribution in [0.1, 0.15) is 54.1 Å². The lowest BCUT2D eigenvalue weighted by molar-refractivity contribution is -0.922.